The Balaban J connectivity index is 2.57. The molecule has 0 amide bonds. The van der Waals surface area contributed by atoms with Gasteiger partial charge in [-0.15, -0.1) is 0 Å². The van der Waals surface area contributed by atoms with Gasteiger partial charge >= 0.3 is 0 Å². The molecule has 0 N–H and O–H groups in total. The largest absolute Gasteiger partial charge is 0.618 e. The quantitative estimate of drug-likeness (QED) is 0.404. The van der Waals surface area contributed by atoms with Gasteiger partial charge in [0, 0.05) is 18.1 Å². The van der Waals surface area contributed by atoms with Gasteiger partial charge in [0.25, 0.3) is 0 Å². The molecule has 1 heterocycles. The van der Waals surface area contributed by atoms with Crippen LogP contribution in [-0.2, 0) is 6.42 Å². The van der Waals surface area contributed by atoms with E-state index in [2.05, 4.69) is 13.0 Å². The summed E-state index contributed by atoms with van der Waals surface area (Å²) in [6, 6.07) is 3.88. The SMILES string of the molecule is CC1CCc2c1ccc[n+]2[O-]. The molecule has 0 bridgehead atoms. The third-order valence-electron chi connectivity index (χ3n) is 2.44. The molecule has 0 spiro atoms. The van der Waals surface area contributed by atoms with Crippen molar-refractivity contribution in [3.05, 3.63) is 34.8 Å². The lowest BCUT2D eigenvalue weighted by atomic mass is 10.1. The third-order valence-corrected chi connectivity index (χ3v) is 2.44. The Kier molecular flexibility index (Phi) is 1.34. The molecule has 1 aromatic rings. The van der Waals surface area contributed by atoms with Crippen molar-refractivity contribution < 1.29 is 4.73 Å². The Bertz CT molecular complexity index is 283. The van der Waals surface area contributed by atoms with Crippen molar-refractivity contribution in [1.29, 1.82) is 0 Å². The smallest absolute Gasteiger partial charge is 0.196 e. The second-order valence-electron chi connectivity index (χ2n) is 3.18. The van der Waals surface area contributed by atoms with Gasteiger partial charge in [0.2, 0.25) is 0 Å². The zero-order chi connectivity index (χ0) is 7.84. The number of hydrogen-bond donors (Lipinski definition) is 0. The van der Waals surface area contributed by atoms with Crippen LogP contribution in [0.15, 0.2) is 18.3 Å². The lowest BCUT2D eigenvalue weighted by molar-refractivity contribution is -0.613. The van der Waals surface area contributed by atoms with Crippen molar-refractivity contribution in [2.24, 2.45) is 0 Å². The molecule has 2 nitrogen and oxygen atoms in total. The van der Waals surface area contributed by atoms with Crippen molar-refractivity contribution in [2.75, 3.05) is 0 Å². The average Bonchev–Trinajstić information content (AvgIpc) is 2.35. The first-order chi connectivity index (χ1) is 5.29. The molecule has 1 aliphatic rings. The van der Waals surface area contributed by atoms with Gasteiger partial charge < -0.3 is 5.21 Å². The summed E-state index contributed by atoms with van der Waals surface area (Å²) in [4.78, 5) is 0. The highest BCUT2D eigenvalue weighted by Gasteiger charge is 2.24. The van der Waals surface area contributed by atoms with E-state index in [0.29, 0.717) is 5.92 Å². The van der Waals surface area contributed by atoms with Crippen molar-refractivity contribution in [3.63, 3.8) is 0 Å². The molecular weight excluding hydrogens is 138 g/mol. The van der Waals surface area contributed by atoms with Gasteiger partial charge in [-0.05, 0) is 18.4 Å². The van der Waals surface area contributed by atoms with Crippen molar-refractivity contribution in [1.82, 2.24) is 0 Å². The molecule has 2 rings (SSSR count). The zero-order valence-electron chi connectivity index (χ0n) is 6.58. The highest BCUT2D eigenvalue weighted by atomic mass is 16.5. The van der Waals surface area contributed by atoms with Crippen LogP contribution >= 0.6 is 0 Å². The van der Waals surface area contributed by atoms with E-state index in [4.69, 9.17) is 0 Å². The fourth-order valence-corrected chi connectivity index (χ4v) is 1.75. The predicted molar refractivity (Wildman–Crippen MR) is 42.1 cm³/mol. The minimum absolute atomic E-state index is 0.575. The zero-order valence-corrected chi connectivity index (χ0v) is 6.58. The Hall–Kier alpha value is -1.05. The number of hydrogen-bond acceptors (Lipinski definition) is 1. The summed E-state index contributed by atoms with van der Waals surface area (Å²) >= 11 is 0. The molecule has 1 aromatic heterocycles. The Morgan fingerprint density at radius 1 is 1.64 bits per heavy atom. The van der Waals surface area contributed by atoms with E-state index < -0.39 is 0 Å². The fraction of sp³-hybridized carbons (Fsp3) is 0.444. The number of fused-ring (bicyclic) bond motifs is 1. The van der Waals surface area contributed by atoms with Crippen LogP contribution < -0.4 is 4.73 Å². The maximum absolute atomic E-state index is 11.2. The van der Waals surface area contributed by atoms with Crippen molar-refractivity contribution >= 4 is 0 Å². The average molecular weight is 149 g/mol. The third kappa shape index (κ3) is 0.897. The lowest BCUT2D eigenvalue weighted by Crippen LogP contribution is -2.30. The summed E-state index contributed by atoms with van der Waals surface area (Å²) in [5.41, 5.74) is 2.21. The second-order valence-corrected chi connectivity index (χ2v) is 3.18. The maximum Gasteiger partial charge on any atom is 0.196 e. The Morgan fingerprint density at radius 2 is 2.45 bits per heavy atom. The van der Waals surface area contributed by atoms with E-state index in [0.717, 1.165) is 23.3 Å². The van der Waals surface area contributed by atoms with Crippen molar-refractivity contribution in [2.45, 2.75) is 25.7 Å². The lowest BCUT2D eigenvalue weighted by Gasteiger charge is -2.03. The first kappa shape index (κ1) is 6.65. The van der Waals surface area contributed by atoms with Gasteiger partial charge in [0.1, 0.15) is 0 Å². The van der Waals surface area contributed by atoms with E-state index in [1.807, 2.05) is 6.07 Å². The van der Waals surface area contributed by atoms with E-state index in [1.165, 1.54) is 5.56 Å². The molecule has 1 unspecified atom stereocenters. The molecule has 58 valence electrons. The molecule has 2 heteroatoms. The first-order valence-electron chi connectivity index (χ1n) is 4.00. The van der Waals surface area contributed by atoms with Gasteiger partial charge in [-0.25, -0.2) is 0 Å². The normalized spacial score (nSPS) is 21.7. The highest BCUT2D eigenvalue weighted by molar-refractivity contribution is 5.25. The van der Waals surface area contributed by atoms with Crippen LogP contribution in [0.5, 0.6) is 0 Å². The van der Waals surface area contributed by atoms with E-state index >= 15 is 0 Å². The standard InChI is InChI=1S/C9H11NO/c1-7-4-5-9-8(7)3-2-6-10(9)11/h2-3,6-7H,4-5H2,1H3. The predicted octanol–water partition coefficient (Wildman–Crippen LogP) is 1.37. The van der Waals surface area contributed by atoms with E-state index in [-0.39, 0.29) is 0 Å². The van der Waals surface area contributed by atoms with Crippen LogP contribution in [0.1, 0.15) is 30.5 Å². The van der Waals surface area contributed by atoms with Gasteiger partial charge in [0.05, 0.1) is 0 Å². The Labute approximate surface area is 66.1 Å². The van der Waals surface area contributed by atoms with Crippen LogP contribution in [0.4, 0.5) is 0 Å². The summed E-state index contributed by atoms with van der Waals surface area (Å²) in [5, 5.41) is 11.2. The number of pyridine rings is 1. The molecule has 0 fully saturated rings. The van der Waals surface area contributed by atoms with Gasteiger partial charge in [-0.1, -0.05) is 6.92 Å². The first-order valence-corrected chi connectivity index (χ1v) is 4.00. The van der Waals surface area contributed by atoms with Gasteiger partial charge in [0.15, 0.2) is 11.9 Å². The summed E-state index contributed by atoms with van der Waals surface area (Å²) in [7, 11) is 0. The number of nitrogens with zero attached hydrogens (tertiary/aromatic N) is 1. The molecule has 0 saturated heterocycles. The Morgan fingerprint density at radius 3 is 3.18 bits per heavy atom. The summed E-state index contributed by atoms with van der Waals surface area (Å²) < 4.78 is 0.999. The molecule has 1 atom stereocenters. The van der Waals surface area contributed by atoms with Gasteiger partial charge in [-0.2, -0.15) is 4.73 Å². The van der Waals surface area contributed by atoms with Crippen molar-refractivity contribution in [3.8, 4) is 0 Å². The van der Waals surface area contributed by atoms with Crippen LogP contribution in [0.25, 0.3) is 0 Å². The van der Waals surface area contributed by atoms with Crippen LogP contribution in [0.3, 0.4) is 0 Å². The molecule has 0 aliphatic heterocycles. The van der Waals surface area contributed by atoms with E-state index in [1.54, 1.807) is 6.20 Å². The van der Waals surface area contributed by atoms with Crippen LogP contribution in [-0.4, -0.2) is 0 Å². The summed E-state index contributed by atoms with van der Waals surface area (Å²) in [6.07, 6.45) is 3.65. The minimum Gasteiger partial charge on any atom is -0.618 e. The van der Waals surface area contributed by atoms with Crippen LogP contribution in [0, 0.1) is 5.21 Å². The van der Waals surface area contributed by atoms with Crippen LogP contribution in [0.2, 0.25) is 0 Å². The molecule has 11 heavy (non-hydrogen) atoms. The highest BCUT2D eigenvalue weighted by Crippen LogP contribution is 2.29. The number of aromatic nitrogens is 1. The molecular formula is C9H11NO. The topological polar surface area (TPSA) is 26.9 Å². The summed E-state index contributed by atoms with van der Waals surface area (Å²) in [6.45, 7) is 2.17. The second kappa shape index (κ2) is 2.22. The minimum atomic E-state index is 0.575. The molecule has 0 aromatic carbocycles. The number of rotatable bonds is 0. The monoisotopic (exact) mass is 149 g/mol. The molecule has 0 saturated carbocycles. The molecule has 0 radical (unpaired) electrons. The molecule has 1 aliphatic carbocycles. The van der Waals surface area contributed by atoms with Gasteiger partial charge in [-0.3, -0.25) is 0 Å². The fourth-order valence-electron chi connectivity index (χ4n) is 1.75. The van der Waals surface area contributed by atoms with E-state index in [9.17, 15) is 5.21 Å². The summed E-state index contributed by atoms with van der Waals surface area (Å²) in [5.74, 6) is 0.575. The maximum atomic E-state index is 11.2.